The van der Waals surface area contributed by atoms with Crippen LogP contribution in [0.3, 0.4) is 0 Å². The highest BCUT2D eigenvalue weighted by Gasteiger charge is 2.48. The van der Waals surface area contributed by atoms with E-state index < -0.39 is 11.2 Å². The molecule has 2 nitrogen and oxygen atoms in total. The van der Waals surface area contributed by atoms with Crippen LogP contribution in [0.4, 0.5) is 0 Å². The van der Waals surface area contributed by atoms with E-state index in [0.717, 1.165) is 24.8 Å². The van der Waals surface area contributed by atoms with Gasteiger partial charge in [0.05, 0.1) is 0 Å². The van der Waals surface area contributed by atoms with Crippen molar-refractivity contribution in [3.8, 4) is 11.8 Å². The fourth-order valence-corrected chi connectivity index (χ4v) is 2.93. The molecule has 0 heterocycles. The summed E-state index contributed by atoms with van der Waals surface area (Å²) in [5.41, 5.74) is -1.58. The van der Waals surface area contributed by atoms with E-state index in [-0.39, 0.29) is 11.3 Å². The highest BCUT2D eigenvalue weighted by Crippen LogP contribution is 2.46. The zero-order chi connectivity index (χ0) is 17.0. The molecule has 2 N–H and O–H groups in total. The van der Waals surface area contributed by atoms with E-state index in [4.69, 9.17) is 0 Å². The quantitative estimate of drug-likeness (QED) is 0.611. The van der Waals surface area contributed by atoms with Gasteiger partial charge in [-0.15, -0.1) is 0 Å². The van der Waals surface area contributed by atoms with Crippen molar-refractivity contribution >= 4 is 0 Å². The Balaban J connectivity index is 3.01. The normalized spacial score (nSPS) is 31.2. The van der Waals surface area contributed by atoms with Gasteiger partial charge in [-0.25, -0.2) is 0 Å². The topological polar surface area (TPSA) is 40.5 Å². The fourth-order valence-electron chi connectivity index (χ4n) is 2.93. The largest absolute Gasteiger partial charge is 0.377 e. The van der Waals surface area contributed by atoms with Gasteiger partial charge in [0.15, 0.2) is 0 Å². The minimum atomic E-state index is -1.26. The Labute approximate surface area is 135 Å². The van der Waals surface area contributed by atoms with E-state index in [1.54, 1.807) is 25.2 Å². The molecule has 0 bridgehead atoms. The van der Waals surface area contributed by atoms with Gasteiger partial charge in [0.25, 0.3) is 0 Å². The molecule has 0 radical (unpaired) electrons. The maximum atomic E-state index is 11.0. The van der Waals surface area contributed by atoms with Crippen molar-refractivity contribution in [2.24, 2.45) is 11.3 Å². The Kier molecular flexibility index (Phi) is 5.84. The first kappa shape index (κ1) is 18.7. The Morgan fingerprint density at radius 1 is 1.41 bits per heavy atom. The Morgan fingerprint density at radius 3 is 2.59 bits per heavy atom. The lowest BCUT2D eigenvalue weighted by Crippen LogP contribution is -2.51. The van der Waals surface area contributed by atoms with Crippen molar-refractivity contribution < 1.29 is 10.2 Å². The second kappa shape index (κ2) is 6.86. The zero-order valence-electron chi connectivity index (χ0n) is 14.6. The van der Waals surface area contributed by atoms with Crippen LogP contribution in [0.25, 0.3) is 0 Å². The summed E-state index contributed by atoms with van der Waals surface area (Å²) in [7, 11) is 0. The second-order valence-electron chi connectivity index (χ2n) is 7.31. The first-order valence-electron chi connectivity index (χ1n) is 8.02. The van der Waals surface area contributed by atoms with Crippen LogP contribution in [0, 0.1) is 23.2 Å². The Bertz CT molecular complexity index is 526. The summed E-state index contributed by atoms with van der Waals surface area (Å²) in [6, 6.07) is 0. The minimum Gasteiger partial charge on any atom is -0.377 e. The van der Waals surface area contributed by atoms with Crippen LogP contribution in [0.15, 0.2) is 36.5 Å². The Hall–Kier alpha value is -1.30. The third-order valence-corrected chi connectivity index (χ3v) is 4.79. The highest BCUT2D eigenvalue weighted by molar-refractivity contribution is 5.31. The second-order valence-corrected chi connectivity index (χ2v) is 7.31. The summed E-state index contributed by atoms with van der Waals surface area (Å²) in [4.78, 5) is 0. The summed E-state index contributed by atoms with van der Waals surface area (Å²) in [6.45, 7) is 13.4. The van der Waals surface area contributed by atoms with Crippen molar-refractivity contribution in [3.63, 3.8) is 0 Å². The van der Waals surface area contributed by atoms with E-state index >= 15 is 0 Å². The molecule has 0 aliphatic heterocycles. The van der Waals surface area contributed by atoms with Crippen molar-refractivity contribution in [3.05, 3.63) is 36.5 Å². The van der Waals surface area contributed by atoms with Gasteiger partial charge in [-0.3, -0.25) is 0 Å². The summed E-state index contributed by atoms with van der Waals surface area (Å²) >= 11 is 0. The molecule has 1 saturated carbocycles. The molecule has 122 valence electrons. The lowest BCUT2D eigenvalue weighted by atomic mass is 9.61. The van der Waals surface area contributed by atoms with Gasteiger partial charge in [-0.05, 0) is 38.7 Å². The number of allylic oxidation sites excluding steroid dienone is 4. The predicted octanol–water partition coefficient (Wildman–Crippen LogP) is 4.01. The summed E-state index contributed by atoms with van der Waals surface area (Å²) in [6.07, 6.45) is 10.0. The number of aliphatic hydroxyl groups is 2. The molecule has 22 heavy (non-hydrogen) atoms. The molecule has 3 atom stereocenters. The van der Waals surface area contributed by atoms with Gasteiger partial charge in [0.1, 0.15) is 11.2 Å². The van der Waals surface area contributed by atoms with Crippen LogP contribution in [0.2, 0.25) is 0 Å². The molecule has 1 aliphatic carbocycles. The van der Waals surface area contributed by atoms with Crippen LogP contribution in [-0.2, 0) is 0 Å². The predicted molar refractivity (Wildman–Crippen MR) is 93.2 cm³/mol. The third kappa shape index (κ3) is 4.35. The van der Waals surface area contributed by atoms with Crippen molar-refractivity contribution in [2.75, 3.05) is 0 Å². The number of rotatable bonds is 3. The molecule has 1 aliphatic rings. The molecule has 0 aromatic carbocycles. The Morgan fingerprint density at radius 2 is 2.05 bits per heavy atom. The maximum Gasteiger partial charge on any atom is 0.141 e. The number of hydrogen-bond acceptors (Lipinski definition) is 2. The van der Waals surface area contributed by atoms with Gasteiger partial charge in [-0.1, -0.05) is 69.4 Å². The van der Waals surface area contributed by atoms with Crippen LogP contribution in [0.1, 0.15) is 53.9 Å². The van der Waals surface area contributed by atoms with E-state index in [1.807, 2.05) is 19.9 Å². The van der Waals surface area contributed by atoms with E-state index in [1.165, 1.54) is 0 Å². The van der Waals surface area contributed by atoms with Crippen LogP contribution < -0.4 is 0 Å². The average molecular weight is 302 g/mol. The SMILES string of the molecule is C=CC(C)=CC=CC(C)(O)C#CC1(O)C(C)CCCC1(C)C. The molecular weight excluding hydrogens is 272 g/mol. The monoisotopic (exact) mass is 302 g/mol. The molecule has 0 spiro atoms. The highest BCUT2D eigenvalue weighted by atomic mass is 16.3. The van der Waals surface area contributed by atoms with Gasteiger partial charge < -0.3 is 10.2 Å². The lowest BCUT2D eigenvalue weighted by molar-refractivity contribution is -0.0863. The number of hydrogen-bond donors (Lipinski definition) is 2. The molecule has 3 unspecified atom stereocenters. The van der Waals surface area contributed by atoms with Crippen molar-refractivity contribution in [1.82, 2.24) is 0 Å². The lowest BCUT2D eigenvalue weighted by Gasteiger charge is -2.47. The smallest absolute Gasteiger partial charge is 0.141 e. The summed E-state index contributed by atoms with van der Waals surface area (Å²) in [5.74, 6) is 5.96. The molecule has 1 fully saturated rings. The molecule has 0 aromatic heterocycles. The molecule has 2 heteroatoms. The van der Waals surface area contributed by atoms with E-state index in [0.29, 0.717) is 0 Å². The van der Waals surface area contributed by atoms with Crippen molar-refractivity contribution in [2.45, 2.75) is 65.1 Å². The standard InChI is InChI=1S/C20H30O2/c1-7-16(2)10-8-13-19(6,21)14-15-20(22)17(3)11-9-12-18(20,4)5/h7-8,10,13,17,21-22H,1,9,11-12H2,2-6H3. The van der Waals surface area contributed by atoms with E-state index in [2.05, 4.69) is 32.3 Å². The molecule has 0 aromatic rings. The van der Waals surface area contributed by atoms with Gasteiger partial charge in [0.2, 0.25) is 0 Å². The molecule has 0 amide bonds. The van der Waals surface area contributed by atoms with Gasteiger partial charge in [-0.2, -0.15) is 0 Å². The van der Waals surface area contributed by atoms with Crippen LogP contribution >= 0.6 is 0 Å². The van der Waals surface area contributed by atoms with Gasteiger partial charge >= 0.3 is 0 Å². The zero-order valence-corrected chi connectivity index (χ0v) is 14.6. The molecule has 0 saturated heterocycles. The van der Waals surface area contributed by atoms with Crippen LogP contribution in [0.5, 0.6) is 0 Å². The van der Waals surface area contributed by atoms with Gasteiger partial charge in [0, 0.05) is 5.41 Å². The van der Waals surface area contributed by atoms with E-state index in [9.17, 15) is 10.2 Å². The minimum absolute atomic E-state index is 0.103. The fraction of sp³-hybridized carbons (Fsp3) is 0.600. The molecular formula is C20H30O2. The first-order valence-corrected chi connectivity index (χ1v) is 8.02. The summed E-state index contributed by atoms with van der Waals surface area (Å²) < 4.78 is 0. The van der Waals surface area contributed by atoms with Crippen molar-refractivity contribution in [1.29, 1.82) is 0 Å². The average Bonchev–Trinajstić information content (AvgIpc) is 2.42. The maximum absolute atomic E-state index is 11.0. The first-order chi connectivity index (χ1) is 10.0. The molecule has 1 rings (SSSR count). The van der Waals surface area contributed by atoms with Crippen LogP contribution in [-0.4, -0.2) is 21.4 Å². The summed E-state index contributed by atoms with van der Waals surface area (Å²) in [5, 5.41) is 21.4. The third-order valence-electron chi connectivity index (χ3n) is 4.79.